The van der Waals surface area contributed by atoms with Gasteiger partial charge in [-0.25, -0.2) is 13.6 Å². The van der Waals surface area contributed by atoms with Crippen LogP contribution in [-0.2, 0) is 11.2 Å². The quantitative estimate of drug-likeness (QED) is 0.767. The van der Waals surface area contributed by atoms with E-state index in [1.165, 1.54) is 0 Å². The second kappa shape index (κ2) is 4.15. The van der Waals surface area contributed by atoms with E-state index in [1.807, 2.05) is 0 Å². The number of rotatable bonds is 3. The van der Waals surface area contributed by atoms with E-state index in [9.17, 15) is 13.6 Å². The van der Waals surface area contributed by atoms with E-state index in [0.29, 0.717) is 0 Å². The molecule has 0 aliphatic heterocycles. The molecule has 0 heterocycles. The molecule has 1 rings (SSSR count). The van der Waals surface area contributed by atoms with Crippen molar-refractivity contribution in [1.82, 2.24) is 0 Å². The van der Waals surface area contributed by atoms with Crippen molar-refractivity contribution in [1.29, 1.82) is 0 Å². The first kappa shape index (κ1) is 10.6. The minimum Gasteiger partial charge on any atom is -0.479 e. The molecule has 0 spiro atoms. The summed E-state index contributed by atoms with van der Waals surface area (Å²) in [5.41, 5.74) is -0.153. The number of benzene rings is 1. The molecule has 1 aromatic carbocycles. The Morgan fingerprint density at radius 3 is 2.64 bits per heavy atom. The van der Waals surface area contributed by atoms with Crippen molar-refractivity contribution >= 4 is 5.97 Å². The fourth-order valence-electron chi connectivity index (χ4n) is 0.995. The predicted octanol–water partition coefficient (Wildman–Crippen LogP) is 0.953. The monoisotopic (exact) mass is 202 g/mol. The summed E-state index contributed by atoms with van der Waals surface area (Å²) in [6, 6.07) is 2.67. The van der Waals surface area contributed by atoms with Crippen molar-refractivity contribution in [2.45, 2.75) is 12.5 Å². The van der Waals surface area contributed by atoms with Crippen molar-refractivity contribution in [3.63, 3.8) is 0 Å². The normalized spacial score (nSPS) is 12.5. The minimum atomic E-state index is -1.72. The summed E-state index contributed by atoms with van der Waals surface area (Å²) >= 11 is 0. The van der Waals surface area contributed by atoms with Crippen LogP contribution < -0.4 is 0 Å². The van der Waals surface area contributed by atoms with Crippen LogP contribution in [0.1, 0.15) is 5.56 Å². The van der Waals surface area contributed by atoms with Crippen LogP contribution in [0.5, 0.6) is 0 Å². The Morgan fingerprint density at radius 1 is 1.43 bits per heavy atom. The van der Waals surface area contributed by atoms with Crippen molar-refractivity contribution in [3.8, 4) is 0 Å². The molecule has 0 radical (unpaired) electrons. The van der Waals surface area contributed by atoms with E-state index in [1.54, 1.807) is 0 Å². The highest BCUT2D eigenvalue weighted by atomic mass is 19.1. The minimum absolute atomic E-state index is 0.153. The molecule has 0 saturated heterocycles. The molecular weight excluding hydrogens is 194 g/mol. The van der Waals surface area contributed by atoms with Crippen molar-refractivity contribution in [2.75, 3.05) is 0 Å². The van der Waals surface area contributed by atoms with E-state index < -0.39 is 30.1 Å². The molecule has 0 aliphatic rings. The van der Waals surface area contributed by atoms with Gasteiger partial charge in [-0.2, -0.15) is 0 Å². The van der Waals surface area contributed by atoms with Crippen LogP contribution in [0.15, 0.2) is 18.2 Å². The second-order valence-corrected chi connectivity index (χ2v) is 2.79. The summed E-state index contributed by atoms with van der Waals surface area (Å²) in [6.45, 7) is 0. The van der Waals surface area contributed by atoms with Gasteiger partial charge in [0.1, 0.15) is 11.6 Å². The van der Waals surface area contributed by atoms with Crippen LogP contribution >= 0.6 is 0 Å². The summed E-state index contributed by atoms with van der Waals surface area (Å²) in [7, 11) is 0. The highest BCUT2D eigenvalue weighted by molar-refractivity contribution is 5.72. The number of hydrogen-bond acceptors (Lipinski definition) is 2. The van der Waals surface area contributed by atoms with E-state index in [0.717, 1.165) is 18.2 Å². The van der Waals surface area contributed by atoms with Gasteiger partial charge in [-0.15, -0.1) is 0 Å². The molecule has 76 valence electrons. The maximum absolute atomic E-state index is 12.9. The molecule has 14 heavy (non-hydrogen) atoms. The first-order valence-electron chi connectivity index (χ1n) is 3.85. The molecule has 1 aromatic rings. The zero-order valence-electron chi connectivity index (χ0n) is 7.08. The Bertz CT molecular complexity index is 352. The smallest absolute Gasteiger partial charge is 0.332 e. The first-order valence-corrected chi connectivity index (χ1v) is 3.85. The molecule has 0 amide bonds. The van der Waals surface area contributed by atoms with Crippen LogP contribution in [0.2, 0.25) is 0 Å². The van der Waals surface area contributed by atoms with Crippen LogP contribution in [0.3, 0.4) is 0 Å². The van der Waals surface area contributed by atoms with Crippen LogP contribution in [0.4, 0.5) is 8.78 Å². The molecule has 0 aromatic heterocycles. The Morgan fingerprint density at radius 2 is 2.07 bits per heavy atom. The molecular formula is C9H8F2O3. The van der Waals surface area contributed by atoms with E-state index >= 15 is 0 Å². The molecule has 0 fully saturated rings. The zero-order valence-corrected chi connectivity index (χ0v) is 7.08. The van der Waals surface area contributed by atoms with Gasteiger partial charge >= 0.3 is 5.97 Å². The SMILES string of the molecule is O=C(O)C(O)Cc1cc(F)ccc1F. The van der Waals surface area contributed by atoms with E-state index in [4.69, 9.17) is 10.2 Å². The second-order valence-electron chi connectivity index (χ2n) is 2.79. The first-order chi connectivity index (χ1) is 6.50. The van der Waals surface area contributed by atoms with Gasteiger partial charge in [0.05, 0.1) is 0 Å². The van der Waals surface area contributed by atoms with Crippen molar-refractivity contribution in [3.05, 3.63) is 35.4 Å². The van der Waals surface area contributed by atoms with Crippen LogP contribution in [0.25, 0.3) is 0 Å². The van der Waals surface area contributed by atoms with Crippen LogP contribution in [0, 0.1) is 11.6 Å². The molecule has 1 atom stereocenters. The summed E-state index contributed by atoms with van der Waals surface area (Å²) in [5, 5.41) is 17.2. The molecule has 1 unspecified atom stereocenters. The molecule has 5 heteroatoms. The third kappa shape index (κ3) is 2.50. The van der Waals surface area contributed by atoms with Gasteiger partial charge < -0.3 is 10.2 Å². The maximum Gasteiger partial charge on any atom is 0.332 e. The Labute approximate surface area is 78.6 Å². The van der Waals surface area contributed by atoms with Gasteiger partial charge in [0.2, 0.25) is 0 Å². The van der Waals surface area contributed by atoms with Gasteiger partial charge in [0, 0.05) is 6.42 Å². The number of aliphatic hydroxyl groups excluding tert-OH is 1. The third-order valence-corrected chi connectivity index (χ3v) is 1.71. The lowest BCUT2D eigenvalue weighted by Crippen LogP contribution is -2.22. The topological polar surface area (TPSA) is 57.5 Å². The average Bonchev–Trinajstić information content (AvgIpc) is 2.11. The molecule has 2 N–H and O–H groups in total. The van der Waals surface area contributed by atoms with E-state index in [-0.39, 0.29) is 5.56 Å². The standard InChI is InChI=1S/C9H8F2O3/c10-6-1-2-7(11)5(3-6)4-8(12)9(13)14/h1-3,8,12H,4H2,(H,13,14). The van der Waals surface area contributed by atoms with Gasteiger partial charge in [-0.05, 0) is 23.8 Å². The lowest BCUT2D eigenvalue weighted by atomic mass is 10.1. The van der Waals surface area contributed by atoms with Crippen LogP contribution in [-0.4, -0.2) is 22.3 Å². The van der Waals surface area contributed by atoms with Gasteiger partial charge in [0.25, 0.3) is 0 Å². The van der Waals surface area contributed by atoms with Crippen molar-refractivity contribution in [2.24, 2.45) is 0 Å². The summed E-state index contributed by atoms with van der Waals surface area (Å²) in [4.78, 5) is 10.2. The number of carbonyl (C=O) groups is 1. The fraction of sp³-hybridized carbons (Fsp3) is 0.222. The molecule has 0 bridgehead atoms. The number of carboxylic acid groups (broad SMARTS) is 1. The van der Waals surface area contributed by atoms with Crippen molar-refractivity contribution < 1.29 is 23.8 Å². The summed E-state index contributed by atoms with van der Waals surface area (Å²) in [5.74, 6) is -2.86. The lowest BCUT2D eigenvalue weighted by Gasteiger charge is -2.06. The maximum atomic E-state index is 12.9. The largest absolute Gasteiger partial charge is 0.479 e. The molecule has 3 nitrogen and oxygen atoms in total. The Kier molecular flexibility index (Phi) is 3.14. The number of aliphatic hydroxyl groups is 1. The highest BCUT2D eigenvalue weighted by Crippen LogP contribution is 2.11. The fourth-order valence-corrected chi connectivity index (χ4v) is 0.995. The molecule has 0 aliphatic carbocycles. The van der Waals surface area contributed by atoms with Gasteiger partial charge in [-0.3, -0.25) is 0 Å². The lowest BCUT2D eigenvalue weighted by molar-refractivity contribution is -0.146. The summed E-state index contributed by atoms with van der Waals surface area (Å²) < 4.78 is 25.5. The van der Waals surface area contributed by atoms with E-state index in [2.05, 4.69) is 0 Å². The predicted molar refractivity (Wildman–Crippen MR) is 43.7 cm³/mol. The Hall–Kier alpha value is -1.49. The summed E-state index contributed by atoms with van der Waals surface area (Å²) in [6.07, 6.45) is -2.16. The van der Waals surface area contributed by atoms with Gasteiger partial charge in [0.15, 0.2) is 6.10 Å². The number of carboxylic acids is 1. The highest BCUT2D eigenvalue weighted by Gasteiger charge is 2.16. The van der Waals surface area contributed by atoms with Gasteiger partial charge in [-0.1, -0.05) is 0 Å². The number of aliphatic carboxylic acids is 1. The average molecular weight is 202 g/mol. The molecule has 0 saturated carbocycles. The third-order valence-electron chi connectivity index (χ3n) is 1.71. The number of halogens is 2. The number of hydrogen-bond donors (Lipinski definition) is 2. The Balaban J connectivity index is 2.85. The zero-order chi connectivity index (χ0) is 10.7.